The van der Waals surface area contributed by atoms with Gasteiger partial charge in [0, 0.05) is 13.1 Å². The van der Waals surface area contributed by atoms with Crippen LogP contribution in [0.3, 0.4) is 0 Å². The summed E-state index contributed by atoms with van der Waals surface area (Å²) >= 11 is 0. The third-order valence-corrected chi connectivity index (χ3v) is 3.18. The number of hydrogen-bond acceptors (Lipinski definition) is 3. The van der Waals surface area contributed by atoms with E-state index in [4.69, 9.17) is 4.74 Å². The number of halogens is 2. The number of carbonyl (C=O) groups excluding carboxylic acids is 1. The summed E-state index contributed by atoms with van der Waals surface area (Å²) in [5.41, 5.74) is 0.389. The summed E-state index contributed by atoms with van der Waals surface area (Å²) in [6.07, 6.45) is 0. The average molecular weight is 289 g/mol. The van der Waals surface area contributed by atoms with Crippen molar-refractivity contribution in [2.45, 2.75) is 13.0 Å². The Hall–Kier alpha value is -1.33. The van der Waals surface area contributed by atoms with Crippen molar-refractivity contribution in [1.29, 1.82) is 0 Å². The molecule has 0 aliphatic carbocycles. The normalized spacial score (nSPS) is 15.9. The first kappa shape index (κ1) is 15.7. The van der Waals surface area contributed by atoms with Crippen LogP contribution in [0.2, 0.25) is 0 Å². The first-order valence-electron chi connectivity index (χ1n) is 5.97. The Balaban J connectivity index is 0.00000180. The van der Waals surface area contributed by atoms with E-state index < -0.39 is 6.04 Å². The Morgan fingerprint density at radius 3 is 2.74 bits per heavy atom. The van der Waals surface area contributed by atoms with Crippen LogP contribution in [0.4, 0.5) is 4.39 Å². The molecular weight excluding hydrogens is 271 g/mol. The summed E-state index contributed by atoms with van der Waals surface area (Å²) in [4.78, 5) is 11.8. The lowest BCUT2D eigenvalue weighted by molar-refractivity contribution is -0.127. The van der Waals surface area contributed by atoms with E-state index in [2.05, 4.69) is 10.6 Å². The molecule has 1 aliphatic rings. The highest BCUT2D eigenvalue weighted by Gasteiger charge is 2.27. The number of nitrogens with one attached hydrogen (secondary N) is 2. The maximum Gasteiger partial charge on any atom is 0.226 e. The Morgan fingerprint density at radius 2 is 2.21 bits per heavy atom. The molecule has 1 heterocycles. The van der Waals surface area contributed by atoms with E-state index >= 15 is 0 Å². The molecule has 1 amide bonds. The van der Waals surface area contributed by atoms with E-state index in [1.807, 2.05) is 0 Å². The van der Waals surface area contributed by atoms with Crippen molar-refractivity contribution in [2.24, 2.45) is 5.92 Å². The van der Waals surface area contributed by atoms with Gasteiger partial charge in [-0.25, -0.2) is 4.39 Å². The van der Waals surface area contributed by atoms with Gasteiger partial charge >= 0.3 is 0 Å². The van der Waals surface area contributed by atoms with Crippen molar-refractivity contribution in [1.82, 2.24) is 10.6 Å². The second kappa shape index (κ2) is 6.73. The van der Waals surface area contributed by atoms with Gasteiger partial charge in [-0.2, -0.15) is 0 Å². The number of amides is 1. The van der Waals surface area contributed by atoms with Gasteiger partial charge in [0.25, 0.3) is 0 Å². The van der Waals surface area contributed by atoms with Crippen molar-refractivity contribution in [3.63, 3.8) is 0 Å². The largest absolute Gasteiger partial charge is 0.496 e. The molecule has 0 spiro atoms. The topological polar surface area (TPSA) is 50.4 Å². The standard InChI is InChI=1S/C13H17FN2O2.ClH/c1-8(16-13(17)9-6-15-7-9)12-10(14)4-3-5-11(12)18-2;/h3-5,8-9,15H,6-7H2,1-2H3,(H,16,17);1H. The van der Waals surface area contributed by atoms with Crippen molar-refractivity contribution in [3.05, 3.63) is 29.6 Å². The molecule has 6 heteroatoms. The van der Waals surface area contributed by atoms with Gasteiger partial charge in [0.15, 0.2) is 0 Å². The molecule has 1 atom stereocenters. The zero-order valence-electron chi connectivity index (χ0n) is 10.9. The Kier molecular flexibility index (Phi) is 5.57. The quantitative estimate of drug-likeness (QED) is 0.886. The second-order valence-corrected chi connectivity index (χ2v) is 4.44. The predicted octanol–water partition coefficient (Wildman–Crippen LogP) is 1.65. The molecule has 1 aromatic carbocycles. The number of hydrogen-bond donors (Lipinski definition) is 2. The van der Waals surface area contributed by atoms with E-state index in [1.165, 1.54) is 13.2 Å². The van der Waals surface area contributed by atoms with Gasteiger partial charge < -0.3 is 15.4 Å². The Labute approximate surface area is 118 Å². The minimum Gasteiger partial charge on any atom is -0.496 e. The molecule has 0 radical (unpaired) electrons. The van der Waals surface area contributed by atoms with Gasteiger partial charge in [-0.05, 0) is 19.1 Å². The van der Waals surface area contributed by atoms with E-state index in [9.17, 15) is 9.18 Å². The zero-order valence-corrected chi connectivity index (χ0v) is 11.7. The number of methoxy groups -OCH3 is 1. The molecule has 0 aromatic heterocycles. The number of ether oxygens (including phenoxy) is 1. The van der Waals surface area contributed by atoms with Gasteiger partial charge in [0.1, 0.15) is 11.6 Å². The molecule has 1 aliphatic heterocycles. The first-order valence-corrected chi connectivity index (χ1v) is 5.97. The van der Waals surface area contributed by atoms with E-state index in [1.54, 1.807) is 19.1 Å². The summed E-state index contributed by atoms with van der Waals surface area (Å²) in [5, 5.41) is 5.84. The molecule has 1 aromatic rings. The van der Waals surface area contributed by atoms with E-state index in [-0.39, 0.29) is 30.0 Å². The maximum atomic E-state index is 13.8. The highest BCUT2D eigenvalue weighted by Crippen LogP contribution is 2.27. The zero-order chi connectivity index (χ0) is 13.1. The summed E-state index contributed by atoms with van der Waals surface area (Å²) < 4.78 is 18.9. The molecule has 106 valence electrons. The molecule has 19 heavy (non-hydrogen) atoms. The Bertz CT molecular complexity index is 452. The van der Waals surface area contributed by atoms with Gasteiger partial charge in [-0.15, -0.1) is 12.4 Å². The summed E-state index contributed by atoms with van der Waals surface area (Å²) in [6, 6.07) is 4.23. The van der Waals surface area contributed by atoms with Crippen LogP contribution in [0.1, 0.15) is 18.5 Å². The van der Waals surface area contributed by atoms with Crippen molar-refractivity contribution in [3.8, 4) is 5.75 Å². The van der Waals surface area contributed by atoms with Crippen molar-refractivity contribution in [2.75, 3.05) is 20.2 Å². The van der Waals surface area contributed by atoms with E-state index in [0.29, 0.717) is 24.4 Å². The first-order chi connectivity index (χ1) is 8.63. The van der Waals surface area contributed by atoms with Crippen molar-refractivity contribution >= 4 is 18.3 Å². The Morgan fingerprint density at radius 1 is 1.53 bits per heavy atom. The van der Waals surface area contributed by atoms with Crippen molar-refractivity contribution < 1.29 is 13.9 Å². The van der Waals surface area contributed by atoms with Crippen LogP contribution in [0.15, 0.2) is 18.2 Å². The number of benzene rings is 1. The fourth-order valence-electron chi connectivity index (χ4n) is 1.99. The van der Waals surface area contributed by atoms with Gasteiger partial charge in [-0.1, -0.05) is 6.07 Å². The number of rotatable bonds is 4. The fourth-order valence-corrected chi connectivity index (χ4v) is 1.99. The van der Waals surface area contributed by atoms with Crippen LogP contribution >= 0.6 is 12.4 Å². The lowest BCUT2D eigenvalue weighted by Gasteiger charge is -2.28. The van der Waals surface area contributed by atoms with Crippen LogP contribution in [-0.2, 0) is 4.79 Å². The lowest BCUT2D eigenvalue weighted by Crippen LogP contribution is -2.51. The molecule has 1 unspecified atom stereocenters. The number of carbonyl (C=O) groups is 1. The maximum absolute atomic E-state index is 13.8. The van der Waals surface area contributed by atoms with Crippen LogP contribution in [-0.4, -0.2) is 26.1 Å². The highest BCUT2D eigenvalue weighted by atomic mass is 35.5. The third kappa shape index (κ3) is 3.36. The predicted molar refractivity (Wildman–Crippen MR) is 73.1 cm³/mol. The highest BCUT2D eigenvalue weighted by molar-refractivity contribution is 5.85. The monoisotopic (exact) mass is 288 g/mol. The molecule has 0 bridgehead atoms. The molecule has 2 rings (SSSR count). The van der Waals surface area contributed by atoms with Gasteiger partial charge in [-0.3, -0.25) is 4.79 Å². The van der Waals surface area contributed by atoms with E-state index in [0.717, 1.165) is 0 Å². The minimum atomic E-state index is -0.408. The molecule has 1 saturated heterocycles. The van der Waals surface area contributed by atoms with Gasteiger partial charge in [0.2, 0.25) is 5.91 Å². The summed E-state index contributed by atoms with van der Waals surface area (Å²) in [7, 11) is 1.49. The van der Waals surface area contributed by atoms with Gasteiger partial charge in [0.05, 0.1) is 24.6 Å². The van der Waals surface area contributed by atoms with Crippen LogP contribution in [0, 0.1) is 11.7 Å². The molecule has 1 fully saturated rings. The molecule has 2 N–H and O–H groups in total. The minimum absolute atomic E-state index is 0. The average Bonchev–Trinajstić information content (AvgIpc) is 2.25. The SMILES string of the molecule is COc1cccc(F)c1C(C)NC(=O)C1CNC1.Cl. The molecule has 4 nitrogen and oxygen atoms in total. The molecular formula is C13H18ClFN2O2. The van der Waals surface area contributed by atoms with Crippen LogP contribution < -0.4 is 15.4 Å². The third-order valence-electron chi connectivity index (χ3n) is 3.18. The smallest absolute Gasteiger partial charge is 0.226 e. The summed E-state index contributed by atoms with van der Waals surface area (Å²) in [5.74, 6) is 0.0280. The summed E-state index contributed by atoms with van der Waals surface area (Å²) in [6.45, 7) is 3.13. The van der Waals surface area contributed by atoms with Crippen LogP contribution in [0.25, 0.3) is 0 Å². The molecule has 0 saturated carbocycles. The second-order valence-electron chi connectivity index (χ2n) is 4.44. The lowest BCUT2D eigenvalue weighted by atomic mass is 10.0. The fraction of sp³-hybridized carbons (Fsp3) is 0.462. The van der Waals surface area contributed by atoms with Crippen LogP contribution in [0.5, 0.6) is 5.75 Å².